The summed E-state index contributed by atoms with van der Waals surface area (Å²) in [6, 6.07) is 13.6. The Bertz CT molecular complexity index is 861. The third kappa shape index (κ3) is 3.74. The van der Waals surface area contributed by atoms with Crippen molar-refractivity contribution in [2.75, 3.05) is 0 Å². The van der Waals surface area contributed by atoms with Gasteiger partial charge in [0.1, 0.15) is 5.76 Å². The number of hydrogen-bond donors (Lipinski definition) is 1. The Morgan fingerprint density at radius 3 is 2.71 bits per heavy atom. The first-order chi connectivity index (χ1) is 11.5. The third-order valence-electron chi connectivity index (χ3n) is 3.83. The van der Waals surface area contributed by atoms with E-state index in [1.165, 1.54) is 5.56 Å². The molecule has 1 N–H and O–H groups in total. The van der Waals surface area contributed by atoms with E-state index in [0.717, 1.165) is 17.0 Å². The number of furan rings is 1. The summed E-state index contributed by atoms with van der Waals surface area (Å²) in [5.41, 5.74) is 4.27. The number of nitrogens with one attached hydrogen (secondary N) is 1. The van der Waals surface area contributed by atoms with Crippen LogP contribution >= 0.6 is 0 Å². The number of hydrogen-bond acceptors (Lipinski definition) is 3. The topological polar surface area (TPSA) is 60.1 Å². The fourth-order valence-corrected chi connectivity index (χ4v) is 2.66. The molecule has 3 aromatic rings. The molecule has 2 heterocycles. The molecule has 0 saturated carbocycles. The van der Waals surface area contributed by atoms with Crippen LogP contribution in [-0.4, -0.2) is 15.7 Å². The second-order valence-electron chi connectivity index (χ2n) is 6.02. The van der Waals surface area contributed by atoms with Gasteiger partial charge in [0.25, 0.3) is 5.91 Å². The van der Waals surface area contributed by atoms with Crippen LogP contribution in [0.4, 0.5) is 0 Å². The Hall–Kier alpha value is -2.82. The Morgan fingerprint density at radius 1 is 1.17 bits per heavy atom. The van der Waals surface area contributed by atoms with Crippen molar-refractivity contribution in [1.29, 1.82) is 0 Å². The van der Waals surface area contributed by atoms with Crippen molar-refractivity contribution in [3.05, 3.63) is 76.5 Å². The van der Waals surface area contributed by atoms with E-state index in [4.69, 9.17) is 4.42 Å². The average Bonchev–Trinajstić information content (AvgIpc) is 3.12. The van der Waals surface area contributed by atoms with Crippen molar-refractivity contribution in [3.63, 3.8) is 0 Å². The summed E-state index contributed by atoms with van der Waals surface area (Å²) < 4.78 is 7.52. The number of benzene rings is 1. The van der Waals surface area contributed by atoms with E-state index in [-0.39, 0.29) is 5.91 Å². The second-order valence-corrected chi connectivity index (χ2v) is 6.02. The van der Waals surface area contributed by atoms with Gasteiger partial charge in [-0.2, -0.15) is 5.10 Å². The van der Waals surface area contributed by atoms with Gasteiger partial charge in [-0.05, 0) is 44.5 Å². The maximum atomic E-state index is 12.2. The fraction of sp³-hybridized carbons (Fsp3) is 0.263. The molecule has 0 aliphatic heterocycles. The van der Waals surface area contributed by atoms with Gasteiger partial charge < -0.3 is 9.73 Å². The lowest BCUT2D eigenvalue weighted by Gasteiger charge is -2.05. The van der Waals surface area contributed by atoms with Crippen molar-refractivity contribution < 1.29 is 9.21 Å². The summed E-state index contributed by atoms with van der Waals surface area (Å²) in [5, 5.41) is 7.28. The molecule has 1 amide bonds. The van der Waals surface area contributed by atoms with Crippen LogP contribution in [0.5, 0.6) is 0 Å². The number of nitrogens with zero attached hydrogens (tertiary/aromatic N) is 2. The summed E-state index contributed by atoms with van der Waals surface area (Å²) in [6.45, 7) is 6.98. The molecule has 0 aliphatic carbocycles. The number of amides is 1. The van der Waals surface area contributed by atoms with Crippen LogP contribution in [0, 0.1) is 20.8 Å². The quantitative estimate of drug-likeness (QED) is 0.783. The van der Waals surface area contributed by atoms with E-state index in [2.05, 4.69) is 16.5 Å². The zero-order valence-electron chi connectivity index (χ0n) is 14.2. The fourth-order valence-electron chi connectivity index (χ4n) is 2.66. The van der Waals surface area contributed by atoms with E-state index in [1.54, 1.807) is 6.07 Å². The minimum atomic E-state index is -0.212. The second kappa shape index (κ2) is 6.74. The monoisotopic (exact) mass is 323 g/mol. The predicted molar refractivity (Wildman–Crippen MR) is 91.9 cm³/mol. The Labute approximate surface area is 141 Å². The van der Waals surface area contributed by atoms with Crippen LogP contribution in [0.15, 0.2) is 46.9 Å². The molecule has 0 atom stereocenters. The van der Waals surface area contributed by atoms with Crippen molar-refractivity contribution in [2.24, 2.45) is 0 Å². The summed E-state index contributed by atoms with van der Waals surface area (Å²) in [5.74, 6) is 0.817. The highest BCUT2D eigenvalue weighted by Crippen LogP contribution is 2.12. The van der Waals surface area contributed by atoms with Crippen molar-refractivity contribution >= 4 is 5.91 Å². The van der Waals surface area contributed by atoms with Crippen LogP contribution in [0.3, 0.4) is 0 Å². The van der Waals surface area contributed by atoms with Gasteiger partial charge in [0.15, 0.2) is 5.76 Å². The number of rotatable bonds is 5. The molecule has 0 unspecified atom stereocenters. The first-order valence-corrected chi connectivity index (χ1v) is 7.95. The maximum Gasteiger partial charge on any atom is 0.287 e. The lowest BCUT2D eigenvalue weighted by atomic mass is 10.1. The third-order valence-corrected chi connectivity index (χ3v) is 3.83. The van der Waals surface area contributed by atoms with E-state index in [9.17, 15) is 4.79 Å². The Balaban J connectivity index is 1.62. The summed E-state index contributed by atoms with van der Waals surface area (Å²) in [7, 11) is 0. The SMILES string of the molecule is Cc1cccc(CNC(=O)c2ccc(Cn3nc(C)cc3C)o2)c1. The van der Waals surface area contributed by atoms with Crippen LogP contribution < -0.4 is 5.32 Å². The normalized spacial score (nSPS) is 10.8. The minimum Gasteiger partial charge on any atom is -0.454 e. The molecule has 1 aromatic carbocycles. The lowest BCUT2D eigenvalue weighted by Crippen LogP contribution is -2.22. The van der Waals surface area contributed by atoms with E-state index in [0.29, 0.717) is 24.6 Å². The molecule has 0 spiro atoms. The molecule has 0 aliphatic rings. The smallest absolute Gasteiger partial charge is 0.287 e. The van der Waals surface area contributed by atoms with Crippen LogP contribution in [-0.2, 0) is 13.1 Å². The molecule has 5 nitrogen and oxygen atoms in total. The number of aryl methyl sites for hydroxylation is 3. The van der Waals surface area contributed by atoms with Gasteiger partial charge in [-0.15, -0.1) is 0 Å². The lowest BCUT2D eigenvalue weighted by molar-refractivity contribution is 0.0921. The van der Waals surface area contributed by atoms with E-state index < -0.39 is 0 Å². The summed E-state index contributed by atoms with van der Waals surface area (Å²) >= 11 is 0. The molecule has 0 bridgehead atoms. The molecule has 3 rings (SSSR count). The summed E-state index contributed by atoms with van der Waals surface area (Å²) in [6.07, 6.45) is 0. The molecular weight excluding hydrogens is 302 g/mol. The molecule has 24 heavy (non-hydrogen) atoms. The maximum absolute atomic E-state index is 12.2. The van der Waals surface area contributed by atoms with Crippen LogP contribution in [0.25, 0.3) is 0 Å². The highest BCUT2D eigenvalue weighted by atomic mass is 16.4. The van der Waals surface area contributed by atoms with Crippen LogP contribution in [0.2, 0.25) is 0 Å². The minimum absolute atomic E-state index is 0.212. The van der Waals surface area contributed by atoms with Gasteiger partial charge in [-0.25, -0.2) is 0 Å². The molecule has 0 fully saturated rings. The summed E-state index contributed by atoms with van der Waals surface area (Å²) in [4.78, 5) is 12.2. The Kier molecular flexibility index (Phi) is 4.51. The van der Waals surface area contributed by atoms with Gasteiger partial charge in [-0.1, -0.05) is 29.8 Å². The zero-order chi connectivity index (χ0) is 17.1. The van der Waals surface area contributed by atoms with E-state index in [1.807, 2.05) is 55.8 Å². The first kappa shape index (κ1) is 16.1. The zero-order valence-corrected chi connectivity index (χ0v) is 14.2. The Morgan fingerprint density at radius 2 is 2.00 bits per heavy atom. The first-order valence-electron chi connectivity index (χ1n) is 7.95. The van der Waals surface area contributed by atoms with Crippen molar-refractivity contribution in [2.45, 2.75) is 33.9 Å². The largest absolute Gasteiger partial charge is 0.454 e. The van der Waals surface area contributed by atoms with E-state index >= 15 is 0 Å². The molecular formula is C19H21N3O2. The average molecular weight is 323 g/mol. The van der Waals surface area contributed by atoms with Gasteiger partial charge in [0, 0.05) is 12.2 Å². The molecule has 124 valence electrons. The van der Waals surface area contributed by atoms with Gasteiger partial charge in [0.05, 0.1) is 12.2 Å². The van der Waals surface area contributed by atoms with Gasteiger partial charge in [0.2, 0.25) is 0 Å². The highest BCUT2D eigenvalue weighted by molar-refractivity contribution is 5.91. The van der Waals surface area contributed by atoms with Crippen molar-refractivity contribution in [1.82, 2.24) is 15.1 Å². The van der Waals surface area contributed by atoms with Crippen molar-refractivity contribution in [3.8, 4) is 0 Å². The van der Waals surface area contributed by atoms with Gasteiger partial charge in [-0.3, -0.25) is 9.48 Å². The molecule has 0 radical (unpaired) electrons. The highest BCUT2D eigenvalue weighted by Gasteiger charge is 2.12. The standard InChI is InChI=1S/C19H21N3O2/c1-13-5-4-6-16(9-13)11-20-19(23)18-8-7-17(24-18)12-22-15(3)10-14(2)21-22/h4-10H,11-12H2,1-3H3,(H,20,23). The van der Waals surface area contributed by atoms with Crippen LogP contribution in [0.1, 0.15) is 38.8 Å². The number of aromatic nitrogens is 2. The van der Waals surface area contributed by atoms with Gasteiger partial charge >= 0.3 is 0 Å². The number of carbonyl (C=O) groups excluding carboxylic acids is 1. The predicted octanol–water partition coefficient (Wildman–Crippen LogP) is 3.38. The molecule has 0 saturated heterocycles. The molecule has 5 heteroatoms. The number of carbonyl (C=O) groups is 1. The molecule has 2 aromatic heterocycles.